The summed E-state index contributed by atoms with van der Waals surface area (Å²) < 4.78 is 37.1. The minimum atomic E-state index is -4.04. The summed E-state index contributed by atoms with van der Waals surface area (Å²) in [5.41, 5.74) is 0.699. The van der Waals surface area contributed by atoms with Crippen molar-refractivity contribution in [2.45, 2.75) is 102 Å². The molecule has 0 spiro atoms. The van der Waals surface area contributed by atoms with Gasteiger partial charge in [-0.25, -0.2) is 4.72 Å². The van der Waals surface area contributed by atoms with Crippen LogP contribution in [0.1, 0.15) is 90.0 Å². The molecule has 1 aromatic heterocycles. The monoisotopic (exact) mass is 653 g/mol. The predicted octanol–water partition coefficient (Wildman–Crippen LogP) is 4.54. The molecular formula is C34H47N5O6S. The molecule has 6 rings (SSSR count). The number of aromatic nitrogens is 2. The van der Waals surface area contributed by atoms with Crippen LogP contribution in [-0.4, -0.2) is 77.6 Å². The van der Waals surface area contributed by atoms with E-state index in [9.17, 15) is 22.8 Å². The molecule has 2 aromatic rings. The highest BCUT2D eigenvalue weighted by Crippen LogP contribution is 2.57. The fourth-order valence-corrected chi connectivity index (χ4v) is 8.25. The smallest absolute Gasteiger partial charge is 0.303 e. The van der Waals surface area contributed by atoms with Gasteiger partial charge in [0, 0.05) is 38.9 Å². The molecule has 1 N–H and O–H groups in total. The van der Waals surface area contributed by atoms with Crippen molar-refractivity contribution in [3.8, 4) is 6.01 Å². The average molecular weight is 654 g/mol. The number of nitrogens with zero attached hydrogens (tertiary/aromatic N) is 4. The Morgan fingerprint density at radius 3 is 2.57 bits per heavy atom. The molecule has 3 fully saturated rings. The molecule has 2 aliphatic carbocycles. The Bertz CT molecular complexity index is 1610. The van der Waals surface area contributed by atoms with Gasteiger partial charge in [0.1, 0.15) is 6.10 Å². The number of allylic oxidation sites excluding steroid dienone is 2. The number of ether oxygens (including phenoxy) is 1. The number of hydrogen-bond acceptors (Lipinski definition) is 7. The van der Waals surface area contributed by atoms with E-state index in [1.54, 1.807) is 4.90 Å². The standard InChI is InChI=1S/C34H47N5O6S/c1-23-13-7-5-4-6-8-14-24-20-34(24,32(42)36-46(43,44)37(2)3)21-30(40)29-19-26(22-38(29)31(23)41)45-33-35-27-17-11-12-18-28(27)39(33)25-15-9-10-16-25/h8,11-12,14,17-18,23-26,29H,4-7,9-10,13,15-16,19-22H2,1-3H3,(H,36,42)/b14-8-/t23-,24-,26+,29-,34+/m0/s1. The Kier molecular flexibility index (Phi) is 9.31. The first-order valence-electron chi connectivity index (χ1n) is 16.9. The highest BCUT2D eigenvalue weighted by Gasteiger charge is 2.61. The summed E-state index contributed by atoms with van der Waals surface area (Å²) in [5, 5.41) is 0. The summed E-state index contributed by atoms with van der Waals surface area (Å²) in [5.74, 6) is -1.49. The number of fused-ring (bicyclic) bond motifs is 3. The van der Waals surface area contributed by atoms with Crippen molar-refractivity contribution in [3.05, 3.63) is 36.4 Å². The van der Waals surface area contributed by atoms with Gasteiger partial charge in [0.2, 0.25) is 11.8 Å². The fourth-order valence-electron chi connectivity index (χ4n) is 7.63. The Morgan fingerprint density at radius 1 is 1.07 bits per heavy atom. The van der Waals surface area contributed by atoms with Crippen molar-refractivity contribution in [3.63, 3.8) is 0 Å². The predicted molar refractivity (Wildman–Crippen MR) is 174 cm³/mol. The molecule has 250 valence electrons. The lowest BCUT2D eigenvalue weighted by Crippen LogP contribution is -2.47. The quantitative estimate of drug-likeness (QED) is 0.453. The third kappa shape index (κ3) is 6.47. The molecule has 0 radical (unpaired) electrons. The Balaban J connectivity index is 1.29. The topological polar surface area (TPSA) is 131 Å². The van der Waals surface area contributed by atoms with Gasteiger partial charge < -0.3 is 9.64 Å². The number of para-hydroxylation sites is 2. The average Bonchev–Trinajstić information content (AvgIpc) is 3.41. The lowest BCUT2D eigenvalue weighted by atomic mass is 9.91. The van der Waals surface area contributed by atoms with Gasteiger partial charge in [-0.05, 0) is 56.6 Å². The first-order valence-corrected chi connectivity index (χ1v) is 18.3. The summed E-state index contributed by atoms with van der Waals surface area (Å²) in [7, 11) is -1.33. The normalized spacial score (nSPS) is 30.5. The highest BCUT2D eigenvalue weighted by atomic mass is 32.2. The van der Waals surface area contributed by atoms with E-state index in [1.807, 2.05) is 37.3 Å². The maximum atomic E-state index is 14.2. The van der Waals surface area contributed by atoms with Crippen molar-refractivity contribution in [1.82, 2.24) is 23.5 Å². The number of amides is 2. The zero-order valence-corrected chi connectivity index (χ0v) is 28.0. The van der Waals surface area contributed by atoms with E-state index in [-0.39, 0.29) is 42.5 Å². The Labute approximate surface area is 271 Å². The Morgan fingerprint density at radius 2 is 1.80 bits per heavy atom. The summed E-state index contributed by atoms with van der Waals surface area (Å²) >= 11 is 0. The van der Waals surface area contributed by atoms with Crippen LogP contribution in [0.4, 0.5) is 0 Å². The van der Waals surface area contributed by atoms with Crippen LogP contribution in [0.2, 0.25) is 0 Å². The Hall–Kier alpha value is -3.25. The zero-order chi connectivity index (χ0) is 32.6. The molecule has 46 heavy (non-hydrogen) atoms. The van der Waals surface area contributed by atoms with Crippen molar-refractivity contribution >= 4 is 38.8 Å². The number of nitrogens with one attached hydrogen (secondary N) is 1. The molecule has 12 heteroatoms. The van der Waals surface area contributed by atoms with Gasteiger partial charge in [0.25, 0.3) is 6.01 Å². The number of imidazole rings is 1. The van der Waals surface area contributed by atoms with E-state index in [4.69, 9.17) is 9.72 Å². The SMILES string of the molecule is C[C@H]1CCCCC/C=C\[C@H]2C[C@@]2(C(=O)NS(=O)(=O)N(C)C)CC(=O)[C@@H]2C[C@@H](Oc3nc4ccccc4n3C3CCCC3)CN2C1=O. The highest BCUT2D eigenvalue weighted by molar-refractivity contribution is 7.87. The first-order chi connectivity index (χ1) is 22.0. The molecule has 2 saturated carbocycles. The van der Waals surface area contributed by atoms with Gasteiger partial charge in [-0.1, -0.05) is 56.9 Å². The minimum Gasteiger partial charge on any atom is -0.459 e. The van der Waals surface area contributed by atoms with Crippen molar-refractivity contribution in [2.75, 3.05) is 20.6 Å². The second kappa shape index (κ2) is 13.1. The maximum absolute atomic E-state index is 14.2. The van der Waals surface area contributed by atoms with Gasteiger partial charge in [-0.2, -0.15) is 17.7 Å². The summed E-state index contributed by atoms with van der Waals surface area (Å²) in [6, 6.07) is 8.03. The van der Waals surface area contributed by atoms with Crippen molar-refractivity contribution < 1.29 is 27.5 Å². The molecule has 0 bridgehead atoms. The van der Waals surface area contributed by atoms with Crippen LogP contribution >= 0.6 is 0 Å². The van der Waals surface area contributed by atoms with Crippen LogP contribution in [0.3, 0.4) is 0 Å². The molecule has 1 aromatic carbocycles. The van der Waals surface area contributed by atoms with E-state index in [0.717, 1.165) is 73.1 Å². The van der Waals surface area contributed by atoms with Crippen molar-refractivity contribution in [1.29, 1.82) is 0 Å². The van der Waals surface area contributed by atoms with Gasteiger partial charge in [-0.15, -0.1) is 0 Å². The third-order valence-corrected chi connectivity index (χ3v) is 11.9. The number of ketones is 1. The zero-order valence-electron chi connectivity index (χ0n) is 27.2. The van der Waals surface area contributed by atoms with Crippen LogP contribution in [-0.2, 0) is 24.6 Å². The molecule has 2 amide bonds. The lowest BCUT2D eigenvalue weighted by molar-refractivity contribution is -0.141. The van der Waals surface area contributed by atoms with Crippen LogP contribution < -0.4 is 9.46 Å². The number of Topliss-reactive ketones (excluding diaryl/α,β-unsaturated/α-hetero) is 1. The summed E-state index contributed by atoms with van der Waals surface area (Å²) in [4.78, 5) is 48.2. The molecular weight excluding hydrogens is 606 g/mol. The molecule has 3 heterocycles. The van der Waals surface area contributed by atoms with E-state index in [0.29, 0.717) is 18.9 Å². The van der Waals surface area contributed by atoms with Crippen LogP contribution in [0.5, 0.6) is 6.01 Å². The maximum Gasteiger partial charge on any atom is 0.303 e. The van der Waals surface area contributed by atoms with E-state index >= 15 is 0 Å². The lowest BCUT2D eigenvalue weighted by Gasteiger charge is -2.28. The first kappa shape index (κ1) is 32.7. The van der Waals surface area contributed by atoms with Gasteiger partial charge in [0.05, 0.1) is 29.0 Å². The van der Waals surface area contributed by atoms with E-state index in [1.165, 1.54) is 14.1 Å². The van der Waals surface area contributed by atoms with Crippen LogP contribution in [0, 0.1) is 17.3 Å². The third-order valence-electron chi connectivity index (χ3n) is 10.5. The number of rotatable bonds is 6. The molecule has 11 nitrogen and oxygen atoms in total. The second-order valence-corrected chi connectivity index (χ2v) is 15.9. The molecule has 5 atom stereocenters. The van der Waals surface area contributed by atoms with Crippen LogP contribution in [0.15, 0.2) is 36.4 Å². The molecule has 0 unspecified atom stereocenters. The summed E-state index contributed by atoms with van der Waals surface area (Å²) in [6.07, 6.45) is 12.9. The van der Waals surface area contributed by atoms with Crippen molar-refractivity contribution in [2.24, 2.45) is 17.3 Å². The minimum absolute atomic E-state index is 0.0808. The molecule has 4 aliphatic rings. The number of benzene rings is 1. The second-order valence-electron chi connectivity index (χ2n) is 14.0. The number of carbonyl (C=O) groups excluding carboxylic acids is 3. The van der Waals surface area contributed by atoms with Gasteiger partial charge in [0.15, 0.2) is 5.78 Å². The van der Waals surface area contributed by atoms with Gasteiger partial charge in [-0.3, -0.25) is 19.0 Å². The number of hydrogen-bond donors (Lipinski definition) is 1. The fraction of sp³-hybridized carbons (Fsp3) is 0.647. The molecule has 1 saturated heterocycles. The summed E-state index contributed by atoms with van der Waals surface area (Å²) in [6.45, 7) is 2.18. The van der Waals surface area contributed by atoms with E-state index < -0.39 is 33.7 Å². The van der Waals surface area contributed by atoms with Crippen LogP contribution in [0.25, 0.3) is 11.0 Å². The van der Waals surface area contributed by atoms with Gasteiger partial charge >= 0.3 is 10.2 Å². The number of carbonyl (C=O) groups is 3. The van der Waals surface area contributed by atoms with E-state index in [2.05, 4.69) is 15.4 Å². The molecule has 2 aliphatic heterocycles. The largest absolute Gasteiger partial charge is 0.459 e.